The smallest absolute Gasteiger partial charge is 0.308 e. The first kappa shape index (κ1) is 12.2. The van der Waals surface area contributed by atoms with Crippen LogP contribution in [0.1, 0.15) is 20.8 Å². The van der Waals surface area contributed by atoms with E-state index < -0.39 is 0 Å². The molecule has 0 radical (unpaired) electrons. The van der Waals surface area contributed by atoms with Crippen LogP contribution in [0.15, 0.2) is 42.5 Å². The topological polar surface area (TPSA) is 26.3 Å². The van der Waals surface area contributed by atoms with Crippen LogP contribution in [0.25, 0.3) is 10.8 Å². The molecule has 0 spiro atoms. The van der Waals surface area contributed by atoms with Crippen LogP contribution in [0.2, 0.25) is 0 Å². The van der Waals surface area contributed by atoms with Crippen molar-refractivity contribution in [1.82, 2.24) is 0 Å². The monoisotopic (exact) mass is 216 g/mol. The summed E-state index contributed by atoms with van der Waals surface area (Å²) in [6.07, 6.45) is 0. The number of fused-ring (bicyclic) bond motifs is 1. The molecule has 0 aliphatic carbocycles. The summed E-state index contributed by atoms with van der Waals surface area (Å²) in [6, 6.07) is 13.5. The van der Waals surface area contributed by atoms with Crippen molar-refractivity contribution in [2.45, 2.75) is 20.8 Å². The molecule has 0 saturated carbocycles. The maximum Gasteiger partial charge on any atom is 0.308 e. The summed E-state index contributed by atoms with van der Waals surface area (Å²) >= 11 is 0. The zero-order valence-corrected chi connectivity index (χ0v) is 9.86. The van der Waals surface area contributed by atoms with Crippen molar-refractivity contribution in [3.05, 3.63) is 42.5 Å². The maximum absolute atomic E-state index is 10.8. The van der Waals surface area contributed by atoms with Crippen LogP contribution in [0.4, 0.5) is 0 Å². The standard InChI is InChI=1S/C12H10O2.C2H6/c1-9(13)14-12-8-4-6-10-5-2-3-7-11(10)12;1-2/h2-8H,1H3;1-2H3. The molecule has 2 aromatic rings. The molecule has 0 N–H and O–H groups in total. The lowest BCUT2D eigenvalue weighted by Gasteiger charge is -2.04. The van der Waals surface area contributed by atoms with E-state index in [0.717, 1.165) is 10.8 Å². The molecule has 0 saturated heterocycles. The Morgan fingerprint density at radius 2 is 1.62 bits per heavy atom. The van der Waals surface area contributed by atoms with Crippen molar-refractivity contribution in [3.63, 3.8) is 0 Å². The molecule has 0 heterocycles. The zero-order chi connectivity index (χ0) is 12.0. The second kappa shape index (κ2) is 5.91. The molecule has 2 heteroatoms. The van der Waals surface area contributed by atoms with E-state index in [1.165, 1.54) is 6.92 Å². The summed E-state index contributed by atoms with van der Waals surface area (Å²) in [5.41, 5.74) is 0. The molecule has 2 rings (SSSR count). The predicted molar refractivity (Wildman–Crippen MR) is 66.6 cm³/mol. The van der Waals surface area contributed by atoms with E-state index in [2.05, 4.69) is 0 Å². The fourth-order valence-corrected chi connectivity index (χ4v) is 1.44. The van der Waals surface area contributed by atoms with Gasteiger partial charge >= 0.3 is 5.97 Å². The van der Waals surface area contributed by atoms with E-state index in [-0.39, 0.29) is 5.97 Å². The van der Waals surface area contributed by atoms with Gasteiger partial charge in [0, 0.05) is 12.3 Å². The third kappa shape index (κ3) is 2.83. The van der Waals surface area contributed by atoms with Crippen molar-refractivity contribution in [2.75, 3.05) is 0 Å². The SMILES string of the molecule is CC.CC(=O)Oc1cccc2ccccc12. The minimum Gasteiger partial charge on any atom is -0.426 e. The summed E-state index contributed by atoms with van der Waals surface area (Å²) in [7, 11) is 0. The summed E-state index contributed by atoms with van der Waals surface area (Å²) in [5, 5.41) is 2.04. The number of esters is 1. The fourth-order valence-electron chi connectivity index (χ4n) is 1.44. The van der Waals surface area contributed by atoms with Gasteiger partial charge in [0.2, 0.25) is 0 Å². The Morgan fingerprint density at radius 3 is 2.31 bits per heavy atom. The van der Waals surface area contributed by atoms with Crippen LogP contribution in [0, 0.1) is 0 Å². The van der Waals surface area contributed by atoms with Gasteiger partial charge in [-0.25, -0.2) is 0 Å². The second-order valence-corrected chi connectivity index (χ2v) is 3.07. The Kier molecular flexibility index (Phi) is 4.52. The van der Waals surface area contributed by atoms with E-state index in [1.807, 2.05) is 50.2 Å². The average molecular weight is 216 g/mol. The van der Waals surface area contributed by atoms with Crippen LogP contribution in [-0.2, 0) is 4.79 Å². The Hall–Kier alpha value is -1.83. The first-order valence-corrected chi connectivity index (χ1v) is 5.43. The van der Waals surface area contributed by atoms with E-state index in [9.17, 15) is 4.79 Å². The van der Waals surface area contributed by atoms with Gasteiger partial charge in [0.1, 0.15) is 5.75 Å². The lowest BCUT2D eigenvalue weighted by atomic mass is 10.1. The molecule has 0 aliphatic rings. The third-order valence-electron chi connectivity index (χ3n) is 2.00. The van der Waals surface area contributed by atoms with E-state index in [0.29, 0.717) is 5.75 Å². The number of carbonyl (C=O) groups excluding carboxylic acids is 1. The highest BCUT2D eigenvalue weighted by atomic mass is 16.5. The number of hydrogen-bond acceptors (Lipinski definition) is 2. The summed E-state index contributed by atoms with van der Waals surface area (Å²) in [6.45, 7) is 5.40. The lowest BCUT2D eigenvalue weighted by molar-refractivity contribution is -0.131. The van der Waals surface area contributed by atoms with E-state index >= 15 is 0 Å². The van der Waals surface area contributed by atoms with Crippen molar-refractivity contribution in [3.8, 4) is 5.75 Å². The van der Waals surface area contributed by atoms with Gasteiger partial charge in [-0.3, -0.25) is 4.79 Å². The Bertz CT molecular complexity index is 470. The largest absolute Gasteiger partial charge is 0.426 e. The van der Waals surface area contributed by atoms with Crippen LogP contribution in [0.5, 0.6) is 5.75 Å². The van der Waals surface area contributed by atoms with Gasteiger partial charge in [-0.1, -0.05) is 50.2 Å². The minimum atomic E-state index is -0.290. The molecular weight excluding hydrogens is 200 g/mol. The first-order chi connectivity index (χ1) is 7.77. The Morgan fingerprint density at radius 1 is 1.00 bits per heavy atom. The highest BCUT2D eigenvalue weighted by Crippen LogP contribution is 2.24. The summed E-state index contributed by atoms with van der Waals surface area (Å²) in [5.74, 6) is 0.331. The molecule has 0 fully saturated rings. The summed E-state index contributed by atoms with van der Waals surface area (Å²) < 4.78 is 5.09. The molecule has 0 aromatic heterocycles. The maximum atomic E-state index is 10.8. The van der Waals surface area contributed by atoms with Crippen molar-refractivity contribution in [2.24, 2.45) is 0 Å². The van der Waals surface area contributed by atoms with Crippen molar-refractivity contribution >= 4 is 16.7 Å². The third-order valence-corrected chi connectivity index (χ3v) is 2.00. The lowest BCUT2D eigenvalue weighted by Crippen LogP contribution is -2.01. The Labute approximate surface area is 95.9 Å². The first-order valence-electron chi connectivity index (χ1n) is 5.43. The van der Waals surface area contributed by atoms with Gasteiger partial charge < -0.3 is 4.74 Å². The number of rotatable bonds is 1. The van der Waals surface area contributed by atoms with E-state index in [4.69, 9.17) is 4.74 Å². The van der Waals surface area contributed by atoms with Crippen LogP contribution >= 0.6 is 0 Å². The molecular formula is C14H16O2. The van der Waals surface area contributed by atoms with E-state index in [1.54, 1.807) is 6.07 Å². The van der Waals surface area contributed by atoms with Crippen LogP contribution in [0.3, 0.4) is 0 Å². The average Bonchev–Trinajstić information content (AvgIpc) is 2.31. The van der Waals surface area contributed by atoms with Gasteiger partial charge in [0.05, 0.1) is 0 Å². The molecule has 0 amide bonds. The van der Waals surface area contributed by atoms with Crippen molar-refractivity contribution < 1.29 is 9.53 Å². The predicted octanol–water partition coefficient (Wildman–Crippen LogP) is 3.79. The molecule has 2 nitrogen and oxygen atoms in total. The number of carbonyl (C=O) groups is 1. The quantitative estimate of drug-likeness (QED) is 0.535. The van der Waals surface area contributed by atoms with Gasteiger partial charge in [-0.15, -0.1) is 0 Å². The minimum absolute atomic E-state index is 0.290. The number of hydrogen-bond donors (Lipinski definition) is 0. The van der Waals surface area contributed by atoms with Crippen LogP contribution < -0.4 is 4.74 Å². The fraction of sp³-hybridized carbons (Fsp3) is 0.214. The number of benzene rings is 2. The van der Waals surface area contributed by atoms with Crippen molar-refractivity contribution in [1.29, 1.82) is 0 Å². The number of ether oxygens (including phenoxy) is 1. The molecule has 2 aromatic carbocycles. The molecule has 0 atom stereocenters. The highest BCUT2D eigenvalue weighted by Gasteiger charge is 2.02. The van der Waals surface area contributed by atoms with Gasteiger partial charge in [0.15, 0.2) is 0 Å². The normalized spacial score (nSPS) is 9.19. The summed E-state index contributed by atoms with van der Waals surface area (Å²) in [4.78, 5) is 10.8. The molecule has 0 bridgehead atoms. The molecule has 16 heavy (non-hydrogen) atoms. The van der Waals surface area contributed by atoms with Gasteiger partial charge in [-0.05, 0) is 11.5 Å². The van der Waals surface area contributed by atoms with Crippen LogP contribution in [-0.4, -0.2) is 5.97 Å². The van der Waals surface area contributed by atoms with Gasteiger partial charge in [0.25, 0.3) is 0 Å². The Balaban J connectivity index is 0.000000606. The zero-order valence-electron chi connectivity index (χ0n) is 9.86. The molecule has 84 valence electrons. The highest BCUT2D eigenvalue weighted by molar-refractivity contribution is 5.90. The second-order valence-electron chi connectivity index (χ2n) is 3.07. The van der Waals surface area contributed by atoms with Gasteiger partial charge in [-0.2, -0.15) is 0 Å². The molecule has 0 unspecified atom stereocenters. The molecule has 0 aliphatic heterocycles.